The Morgan fingerprint density at radius 3 is 2.64 bits per heavy atom. The smallest absolute Gasteiger partial charge is 0.265 e. The van der Waals surface area contributed by atoms with E-state index in [9.17, 15) is 9.59 Å². The summed E-state index contributed by atoms with van der Waals surface area (Å²) in [5.41, 5.74) is 3.77. The number of amides is 1. The zero-order chi connectivity index (χ0) is 21.8. The number of fused-ring (bicyclic) bond motifs is 2. The highest BCUT2D eigenvalue weighted by atomic mass is 35.5. The van der Waals surface area contributed by atoms with Gasteiger partial charge in [-0.3, -0.25) is 19.0 Å². The van der Waals surface area contributed by atoms with Crippen LogP contribution >= 0.6 is 24.8 Å². The number of benzene rings is 1. The van der Waals surface area contributed by atoms with Crippen LogP contribution in [0.1, 0.15) is 54.1 Å². The number of nitrogens with zero attached hydrogens (tertiary/aromatic N) is 3. The van der Waals surface area contributed by atoms with Gasteiger partial charge in [-0.25, -0.2) is 4.98 Å². The normalized spacial score (nSPS) is 10.6. The lowest BCUT2D eigenvalue weighted by Gasteiger charge is -2.10. The largest absolute Gasteiger partial charge is 0.352 e. The Bertz CT molecular complexity index is 1290. The monoisotopic (exact) mass is 486 g/mol. The Labute approximate surface area is 205 Å². The molecule has 0 aliphatic rings. The molecular formula is C25H28Cl2N4O2. The maximum atomic E-state index is 13.1. The summed E-state index contributed by atoms with van der Waals surface area (Å²) in [5, 5.41) is 3.39. The molecule has 6 nitrogen and oxygen atoms in total. The molecule has 0 saturated heterocycles. The molecule has 4 rings (SSSR count). The highest BCUT2D eigenvalue weighted by Gasteiger charge is 2.11. The van der Waals surface area contributed by atoms with Crippen molar-refractivity contribution in [1.29, 1.82) is 0 Å². The van der Waals surface area contributed by atoms with Gasteiger partial charge in [-0.1, -0.05) is 26.0 Å². The van der Waals surface area contributed by atoms with Crippen molar-refractivity contribution in [3.05, 3.63) is 88.1 Å². The van der Waals surface area contributed by atoms with Gasteiger partial charge in [-0.15, -0.1) is 24.8 Å². The molecule has 8 heteroatoms. The zero-order valence-corrected chi connectivity index (χ0v) is 20.3. The van der Waals surface area contributed by atoms with Gasteiger partial charge in [0.15, 0.2) is 0 Å². The average Bonchev–Trinajstić information content (AvgIpc) is 2.79. The molecule has 1 aromatic carbocycles. The van der Waals surface area contributed by atoms with Gasteiger partial charge in [-0.05, 0) is 66.6 Å². The van der Waals surface area contributed by atoms with Gasteiger partial charge in [0.25, 0.3) is 11.5 Å². The van der Waals surface area contributed by atoms with Crippen LogP contribution in [0.25, 0.3) is 16.6 Å². The van der Waals surface area contributed by atoms with Crippen LogP contribution in [0.3, 0.4) is 0 Å². The Balaban J connectivity index is 0.00000193. The van der Waals surface area contributed by atoms with E-state index in [0.717, 1.165) is 24.8 Å². The first-order chi connectivity index (χ1) is 15.0. The molecule has 0 radical (unpaired) electrons. The summed E-state index contributed by atoms with van der Waals surface area (Å²) in [7, 11) is 0. The first kappa shape index (κ1) is 26.3. The minimum Gasteiger partial charge on any atom is -0.352 e. The predicted molar refractivity (Wildman–Crippen MR) is 137 cm³/mol. The van der Waals surface area contributed by atoms with Crippen LogP contribution < -0.4 is 10.9 Å². The molecule has 1 N–H and O–H groups in total. The van der Waals surface area contributed by atoms with E-state index in [2.05, 4.69) is 35.2 Å². The second-order valence-corrected chi connectivity index (χ2v) is 8.07. The van der Waals surface area contributed by atoms with Gasteiger partial charge in [0.05, 0.1) is 10.9 Å². The zero-order valence-electron chi connectivity index (χ0n) is 18.7. The maximum absolute atomic E-state index is 13.1. The van der Waals surface area contributed by atoms with E-state index in [0.29, 0.717) is 34.6 Å². The van der Waals surface area contributed by atoms with Crippen LogP contribution in [-0.4, -0.2) is 26.8 Å². The number of pyridine rings is 2. The van der Waals surface area contributed by atoms with Crippen LogP contribution in [0, 0.1) is 0 Å². The molecule has 0 aliphatic carbocycles. The number of rotatable bonds is 7. The van der Waals surface area contributed by atoms with Gasteiger partial charge in [0.1, 0.15) is 5.65 Å². The Kier molecular flexibility index (Phi) is 9.38. The van der Waals surface area contributed by atoms with E-state index < -0.39 is 0 Å². The molecule has 0 aliphatic heterocycles. The summed E-state index contributed by atoms with van der Waals surface area (Å²) < 4.78 is 1.57. The van der Waals surface area contributed by atoms with E-state index in [-0.39, 0.29) is 36.3 Å². The van der Waals surface area contributed by atoms with E-state index in [1.807, 2.05) is 30.6 Å². The third kappa shape index (κ3) is 6.09. The minimum atomic E-state index is -0.177. The van der Waals surface area contributed by atoms with Gasteiger partial charge >= 0.3 is 0 Å². The van der Waals surface area contributed by atoms with Gasteiger partial charge in [0, 0.05) is 30.7 Å². The standard InChI is InChI=1S/C25H26N4O2.2ClH/c1-17(2)20-9-11-23-28-22-10-8-19(14-21(22)25(31)29(23)16-20)24(30)27-13-4-3-6-18-7-5-12-26-15-18;;/h5,7-12,14-17H,3-4,6,13H2,1-2H3,(H,27,30);2*1H. The molecule has 3 heterocycles. The molecule has 3 aromatic heterocycles. The third-order valence-electron chi connectivity index (χ3n) is 5.46. The third-order valence-corrected chi connectivity index (χ3v) is 5.46. The second kappa shape index (κ2) is 11.8. The summed E-state index contributed by atoms with van der Waals surface area (Å²) in [5.74, 6) is 0.131. The molecule has 0 saturated carbocycles. The molecular weight excluding hydrogens is 459 g/mol. The Morgan fingerprint density at radius 2 is 1.91 bits per heavy atom. The predicted octanol–water partition coefficient (Wildman–Crippen LogP) is 4.96. The number of carbonyl (C=O) groups is 1. The topological polar surface area (TPSA) is 76.4 Å². The van der Waals surface area contributed by atoms with Gasteiger partial charge < -0.3 is 5.32 Å². The molecule has 0 bridgehead atoms. The summed E-state index contributed by atoms with van der Waals surface area (Å²) in [6.07, 6.45) is 8.26. The van der Waals surface area contributed by atoms with Crippen molar-refractivity contribution in [3.8, 4) is 0 Å². The average molecular weight is 487 g/mol. The molecule has 174 valence electrons. The fourth-order valence-corrected chi connectivity index (χ4v) is 3.61. The number of hydrogen-bond acceptors (Lipinski definition) is 4. The number of aromatic nitrogens is 3. The van der Waals surface area contributed by atoms with Crippen LogP contribution in [0.4, 0.5) is 0 Å². The Morgan fingerprint density at radius 1 is 1.09 bits per heavy atom. The highest BCUT2D eigenvalue weighted by Crippen LogP contribution is 2.17. The summed E-state index contributed by atoms with van der Waals surface area (Å²) in [4.78, 5) is 34.3. The first-order valence-electron chi connectivity index (χ1n) is 10.7. The lowest BCUT2D eigenvalue weighted by atomic mass is 10.1. The van der Waals surface area contributed by atoms with Crippen LogP contribution in [-0.2, 0) is 6.42 Å². The summed E-state index contributed by atoms with van der Waals surface area (Å²) >= 11 is 0. The maximum Gasteiger partial charge on any atom is 0.265 e. The van der Waals surface area contributed by atoms with Crippen LogP contribution in [0.5, 0.6) is 0 Å². The number of halogens is 2. The molecule has 0 fully saturated rings. The summed E-state index contributed by atoms with van der Waals surface area (Å²) in [6.45, 7) is 4.75. The Hall–Kier alpha value is -2.96. The van der Waals surface area contributed by atoms with Crippen molar-refractivity contribution >= 4 is 47.3 Å². The van der Waals surface area contributed by atoms with Gasteiger partial charge in [-0.2, -0.15) is 0 Å². The lowest BCUT2D eigenvalue weighted by Crippen LogP contribution is -2.25. The molecule has 4 aromatic rings. The minimum absolute atomic E-state index is 0. The van der Waals surface area contributed by atoms with Gasteiger partial charge in [0.2, 0.25) is 0 Å². The van der Waals surface area contributed by atoms with Crippen molar-refractivity contribution in [2.75, 3.05) is 6.54 Å². The number of nitrogens with one attached hydrogen (secondary N) is 1. The van der Waals surface area contributed by atoms with Crippen molar-refractivity contribution < 1.29 is 4.79 Å². The molecule has 0 unspecified atom stereocenters. The fraction of sp³-hybridized carbons (Fsp3) is 0.280. The van der Waals surface area contributed by atoms with Crippen LogP contribution in [0.2, 0.25) is 0 Å². The number of carbonyl (C=O) groups excluding carboxylic acids is 1. The molecule has 0 spiro atoms. The highest BCUT2D eigenvalue weighted by molar-refractivity contribution is 5.98. The van der Waals surface area contributed by atoms with E-state index in [1.165, 1.54) is 5.56 Å². The number of unbranched alkanes of at least 4 members (excludes halogenated alkanes) is 1. The molecule has 0 atom stereocenters. The van der Waals surface area contributed by atoms with Crippen LogP contribution in [0.15, 0.2) is 65.8 Å². The number of aryl methyl sites for hydroxylation is 1. The quantitative estimate of drug-likeness (QED) is 0.295. The van der Waals surface area contributed by atoms with E-state index >= 15 is 0 Å². The first-order valence-corrected chi connectivity index (χ1v) is 10.7. The van der Waals surface area contributed by atoms with Crippen molar-refractivity contribution in [3.63, 3.8) is 0 Å². The van der Waals surface area contributed by atoms with E-state index in [1.54, 1.807) is 28.8 Å². The van der Waals surface area contributed by atoms with Crippen molar-refractivity contribution in [2.45, 2.75) is 39.0 Å². The second-order valence-electron chi connectivity index (χ2n) is 8.07. The van der Waals surface area contributed by atoms with Crippen molar-refractivity contribution in [2.24, 2.45) is 0 Å². The molecule has 33 heavy (non-hydrogen) atoms. The lowest BCUT2D eigenvalue weighted by molar-refractivity contribution is 0.0953. The fourth-order valence-electron chi connectivity index (χ4n) is 3.61. The van der Waals surface area contributed by atoms with Crippen molar-refractivity contribution in [1.82, 2.24) is 19.7 Å². The number of hydrogen-bond donors (Lipinski definition) is 1. The van der Waals surface area contributed by atoms with E-state index in [4.69, 9.17) is 0 Å². The SMILES string of the molecule is CC(C)c1ccc2nc3ccc(C(=O)NCCCCc4cccnc4)cc3c(=O)n2c1.Cl.Cl. The summed E-state index contributed by atoms with van der Waals surface area (Å²) in [6, 6.07) is 13.0. The molecule has 1 amide bonds.